The highest BCUT2D eigenvalue weighted by atomic mass is 16.6. The Kier molecular flexibility index (Phi) is 6.18. The summed E-state index contributed by atoms with van der Waals surface area (Å²) in [7, 11) is 5.81. The topological polar surface area (TPSA) is 105 Å². The third kappa shape index (κ3) is 4.75. The van der Waals surface area contributed by atoms with Crippen LogP contribution in [0, 0.1) is 17.0 Å². The number of anilines is 3. The second-order valence-corrected chi connectivity index (χ2v) is 8.10. The van der Waals surface area contributed by atoms with Crippen molar-refractivity contribution in [1.82, 2.24) is 24.4 Å². The van der Waals surface area contributed by atoms with Crippen LogP contribution in [0.1, 0.15) is 5.56 Å². The van der Waals surface area contributed by atoms with Crippen molar-refractivity contribution in [1.29, 1.82) is 0 Å². The minimum absolute atomic E-state index is 0.0288. The smallest absolute Gasteiger partial charge is 0.294 e. The van der Waals surface area contributed by atoms with Gasteiger partial charge in [0, 0.05) is 50.2 Å². The molecule has 4 aromatic rings. The molecule has 0 saturated heterocycles. The lowest BCUT2D eigenvalue weighted by Gasteiger charge is -2.22. The summed E-state index contributed by atoms with van der Waals surface area (Å²) < 4.78 is 1.88. The molecule has 0 atom stereocenters. The van der Waals surface area contributed by atoms with Gasteiger partial charge in [-0.15, -0.1) is 0 Å². The second kappa shape index (κ2) is 9.21. The first kappa shape index (κ1) is 22.2. The number of aryl methyl sites for hydroxylation is 1. The van der Waals surface area contributed by atoms with E-state index in [1.807, 2.05) is 72.9 Å². The van der Waals surface area contributed by atoms with Crippen LogP contribution in [0.25, 0.3) is 16.9 Å². The number of rotatable bonds is 8. The van der Waals surface area contributed by atoms with Crippen molar-refractivity contribution in [3.8, 4) is 5.82 Å². The van der Waals surface area contributed by atoms with Crippen LogP contribution in [-0.2, 0) is 0 Å². The molecule has 170 valence electrons. The maximum Gasteiger partial charge on any atom is 0.294 e. The predicted molar refractivity (Wildman–Crippen MR) is 130 cm³/mol. The van der Waals surface area contributed by atoms with Crippen LogP contribution < -0.4 is 10.2 Å². The number of nitrogens with one attached hydrogen (secondary N) is 1. The van der Waals surface area contributed by atoms with E-state index in [9.17, 15) is 10.1 Å². The summed E-state index contributed by atoms with van der Waals surface area (Å²) in [5.74, 6) is 0.991. The molecular weight excluding hydrogens is 420 g/mol. The van der Waals surface area contributed by atoms with Gasteiger partial charge in [0.05, 0.1) is 10.6 Å². The largest absolute Gasteiger partial charge is 0.368 e. The van der Waals surface area contributed by atoms with E-state index >= 15 is 0 Å². The Morgan fingerprint density at radius 1 is 1.09 bits per heavy atom. The van der Waals surface area contributed by atoms with Crippen molar-refractivity contribution in [2.75, 3.05) is 44.4 Å². The van der Waals surface area contributed by atoms with Crippen molar-refractivity contribution in [2.45, 2.75) is 6.92 Å². The van der Waals surface area contributed by atoms with E-state index < -0.39 is 0 Å². The molecule has 0 spiro atoms. The highest BCUT2D eigenvalue weighted by Gasteiger charge is 2.20. The monoisotopic (exact) mass is 446 g/mol. The van der Waals surface area contributed by atoms with Gasteiger partial charge in [-0.05, 0) is 56.9 Å². The summed E-state index contributed by atoms with van der Waals surface area (Å²) in [6.45, 7) is 3.36. The van der Waals surface area contributed by atoms with E-state index in [0.29, 0.717) is 29.7 Å². The average Bonchev–Trinajstić information content (AvgIpc) is 3.23. The standard InChI is InChI=1S/C23H26N8O2/c1-16-14-19(29(4)13-12-28(2)3)20(31(32)33)15-18(16)26-23-25-10-7-21(27-23)30-11-8-17-6-5-9-24-22(17)30/h5-11,14-15H,12-13H2,1-4H3,(H,25,26,27). The fourth-order valence-corrected chi connectivity index (χ4v) is 3.55. The third-order valence-corrected chi connectivity index (χ3v) is 5.39. The number of pyridine rings is 1. The van der Waals surface area contributed by atoms with Gasteiger partial charge in [0.2, 0.25) is 5.95 Å². The summed E-state index contributed by atoms with van der Waals surface area (Å²) in [4.78, 5) is 28.7. The molecule has 3 aromatic heterocycles. The molecule has 10 nitrogen and oxygen atoms in total. The molecule has 0 saturated carbocycles. The minimum atomic E-state index is -0.360. The number of nitrogens with zero attached hydrogens (tertiary/aromatic N) is 7. The zero-order valence-electron chi connectivity index (χ0n) is 19.1. The van der Waals surface area contributed by atoms with Crippen molar-refractivity contribution in [2.24, 2.45) is 0 Å². The van der Waals surface area contributed by atoms with Gasteiger partial charge in [-0.1, -0.05) is 0 Å². The van der Waals surface area contributed by atoms with Crippen LogP contribution in [0.3, 0.4) is 0 Å². The molecule has 0 aliphatic rings. The number of nitro benzene ring substituents is 1. The molecule has 0 bridgehead atoms. The molecule has 0 radical (unpaired) electrons. The van der Waals surface area contributed by atoms with E-state index in [0.717, 1.165) is 23.1 Å². The maximum atomic E-state index is 11.8. The van der Waals surface area contributed by atoms with Gasteiger partial charge in [0.1, 0.15) is 17.2 Å². The van der Waals surface area contributed by atoms with Crippen LogP contribution in [0.5, 0.6) is 0 Å². The number of nitro groups is 1. The van der Waals surface area contributed by atoms with Crippen LogP contribution >= 0.6 is 0 Å². The Hall–Kier alpha value is -4.05. The Morgan fingerprint density at radius 2 is 1.91 bits per heavy atom. The first-order valence-corrected chi connectivity index (χ1v) is 10.5. The van der Waals surface area contributed by atoms with Gasteiger partial charge in [-0.3, -0.25) is 14.7 Å². The van der Waals surface area contributed by atoms with Gasteiger partial charge in [-0.25, -0.2) is 9.97 Å². The van der Waals surface area contributed by atoms with Gasteiger partial charge < -0.3 is 15.1 Å². The van der Waals surface area contributed by atoms with Gasteiger partial charge >= 0.3 is 0 Å². The minimum Gasteiger partial charge on any atom is -0.368 e. The number of benzene rings is 1. The molecule has 0 unspecified atom stereocenters. The van der Waals surface area contributed by atoms with Crippen molar-refractivity contribution in [3.63, 3.8) is 0 Å². The molecular formula is C23H26N8O2. The fraction of sp³-hybridized carbons (Fsp3) is 0.261. The normalized spacial score (nSPS) is 11.2. The number of fused-ring (bicyclic) bond motifs is 1. The zero-order chi connectivity index (χ0) is 23.5. The lowest BCUT2D eigenvalue weighted by molar-refractivity contribution is -0.384. The van der Waals surface area contributed by atoms with Gasteiger partial charge in [0.15, 0.2) is 0 Å². The Bertz CT molecular complexity index is 1300. The van der Waals surface area contributed by atoms with Crippen LogP contribution in [0.2, 0.25) is 0 Å². The number of likely N-dealkylation sites (N-methyl/N-ethyl adjacent to an activating group) is 2. The summed E-state index contributed by atoms with van der Waals surface area (Å²) >= 11 is 0. The Balaban J connectivity index is 1.65. The van der Waals surface area contributed by atoms with E-state index in [1.54, 1.807) is 24.5 Å². The zero-order valence-corrected chi connectivity index (χ0v) is 19.1. The predicted octanol–water partition coefficient (Wildman–Crippen LogP) is 3.77. The van der Waals surface area contributed by atoms with E-state index in [4.69, 9.17) is 0 Å². The summed E-state index contributed by atoms with van der Waals surface area (Å²) in [5.41, 5.74) is 2.83. The van der Waals surface area contributed by atoms with Crippen LogP contribution in [-0.4, -0.2) is 63.6 Å². The summed E-state index contributed by atoms with van der Waals surface area (Å²) in [6.07, 6.45) is 5.28. The highest BCUT2D eigenvalue weighted by molar-refractivity contribution is 5.78. The van der Waals surface area contributed by atoms with Crippen molar-refractivity contribution in [3.05, 3.63) is 70.7 Å². The molecule has 0 aliphatic heterocycles. The highest BCUT2D eigenvalue weighted by Crippen LogP contribution is 2.34. The Labute approximate surface area is 191 Å². The second-order valence-electron chi connectivity index (χ2n) is 8.10. The molecule has 4 rings (SSSR count). The Morgan fingerprint density at radius 3 is 2.67 bits per heavy atom. The third-order valence-electron chi connectivity index (χ3n) is 5.39. The van der Waals surface area contributed by atoms with Gasteiger partial charge in [-0.2, -0.15) is 4.98 Å². The molecule has 1 N–H and O–H groups in total. The SMILES string of the molecule is Cc1cc(N(C)CCN(C)C)c([N+](=O)[O-])cc1Nc1nccc(-n2ccc3cccnc32)n1. The van der Waals surface area contributed by atoms with E-state index in [-0.39, 0.29) is 10.6 Å². The van der Waals surface area contributed by atoms with Crippen LogP contribution in [0.15, 0.2) is 55.0 Å². The summed E-state index contributed by atoms with van der Waals surface area (Å²) in [5, 5.41) is 16.0. The van der Waals surface area contributed by atoms with Crippen molar-refractivity contribution < 1.29 is 4.92 Å². The molecule has 0 aliphatic carbocycles. The van der Waals surface area contributed by atoms with E-state index in [1.165, 1.54) is 0 Å². The van der Waals surface area contributed by atoms with Crippen molar-refractivity contribution >= 4 is 34.0 Å². The quantitative estimate of drug-likeness (QED) is 0.322. The lowest BCUT2D eigenvalue weighted by Crippen LogP contribution is -2.29. The molecule has 3 heterocycles. The van der Waals surface area contributed by atoms with E-state index in [2.05, 4.69) is 20.3 Å². The molecule has 1 aromatic carbocycles. The average molecular weight is 447 g/mol. The first-order chi connectivity index (χ1) is 15.8. The van der Waals surface area contributed by atoms with Gasteiger partial charge in [0.25, 0.3) is 5.69 Å². The lowest BCUT2D eigenvalue weighted by atomic mass is 10.1. The first-order valence-electron chi connectivity index (χ1n) is 10.5. The molecule has 0 fully saturated rings. The molecule has 10 heteroatoms. The molecule has 0 amide bonds. The number of hydrogen-bond acceptors (Lipinski definition) is 8. The number of hydrogen-bond donors (Lipinski definition) is 1. The van der Waals surface area contributed by atoms with Crippen LogP contribution in [0.4, 0.5) is 23.0 Å². The summed E-state index contributed by atoms with van der Waals surface area (Å²) in [6, 6.07) is 11.0. The fourth-order valence-electron chi connectivity index (χ4n) is 3.55. The maximum absolute atomic E-state index is 11.8. The number of aromatic nitrogens is 4. The molecule has 33 heavy (non-hydrogen) atoms.